The lowest BCUT2D eigenvalue weighted by Gasteiger charge is -2.07. The molecule has 0 unspecified atom stereocenters. The van der Waals surface area contributed by atoms with E-state index in [1.165, 1.54) is 11.3 Å². The second-order valence-electron chi connectivity index (χ2n) is 4.60. The van der Waals surface area contributed by atoms with Gasteiger partial charge in [-0.2, -0.15) is 0 Å². The van der Waals surface area contributed by atoms with Gasteiger partial charge in [-0.05, 0) is 58.7 Å². The highest BCUT2D eigenvalue weighted by atomic mass is 79.9. The van der Waals surface area contributed by atoms with Gasteiger partial charge in [-0.25, -0.2) is 8.42 Å². The Morgan fingerprint density at radius 2 is 1.90 bits per heavy atom. The summed E-state index contributed by atoms with van der Waals surface area (Å²) in [5.41, 5.74) is 2.60. The summed E-state index contributed by atoms with van der Waals surface area (Å²) < 4.78 is 28.3. The predicted molar refractivity (Wildman–Crippen MR) is 91.4 cm³/mol. The summed E-state index contributed by atoms with van der Waals surface area (Å²) >= 11 is 4.56. The van der Waals surface area contributed by atoms with Crippen LogP contribution in [0.2, 0.25) is 0 Å². The zero-order valence-electron chi connectivity index (χ0n) is 11.8. The largest absolute Gasteiger partial charge is 0.313 e. The average Bonchev–Trinajstić information content (AvgIpc) is 2.78. The standard InChI is InChI=1S/C14H17BrN2O2S2/c1-3-16-9-11-4-6-12(7-5-11)17-21(18,19)13-8-10(2)14(15)20-13/h4-8,16-17H,3,9H2,1-2H3. The summed E-state index contributed by atoms with van der Waals surface area (Å²) in [5.74, 6) is 0. The molecule has 0 radical (unpaired) electrons. The molecule has 7 heteroatoms. The van der Waals surface area contributed by atoms with Crippen molar-refractivity contribution in [3.8, 4) is 0 Å². The van der Waals surface area contributed by atoms with Gasteiger partial charge in [0.1, 0.15) is 4.21 Å². The van der Waals surface area contributed by atoms with E-state index in [0.29, 0.717) is 9.90 Å². The van der Waals surface area contributed by atoms with Crippen molar-refractivity contribution in [2.24, 2.45) is 0 Å². The molecule has 21 heavy (non-hydrogen) atoms. The van der Waals surface area contributed by atoms with Crippen LogP contribution < -0.4 is 10.0 Å². The Bertz CT molecular complexity index is 690. The van der Waals surface area contributed by atoms with Crippen molar-refractivity contribution in [3.63, 3.8) is 0 Å². The molecule has 0 aliphatic heterocycles. The van der Waals surface area contributed by atoms with Gasteiger partial charge in [-0.1, -0.05) is 19.1 Å². The summed E-state index contributed by atoms with van der Waals surface area (Å²) in [5, 5.41) is 3.22. The fourth-order valence-corrected chi connectivity index (χ4v) is 5.01. The Balaban J connectivity index is 2.13. The summed E-state index contributed by atoms with van der Waals surface area (Å²) in [6.45, 7) is 5.60. The van der Waals surface area contributed by atoms with Crippen molar-refractivity contribution in [1.82, 2.24) is 5.32 Å². The minimum Gasteiger partial charge on any atom is -0.313 e. The Kier molecular flexibility index (Phi) is 5.43. The summed E-state index contributed by atoms with van der Waals surface area (Å²) in [6, 6.07) is 9.04. The van der Waals surface area contributed by atoms with E-state index in [9.17, 15) is 8.42 Å². The van der Waals surface area contributed by atoms with Crippen molar-refractivity contribution in [3.05, 3.63) is 45.2 Å². The molecule has 0 aliphatic rings. The van der Waals surface area contributed by atoms with Crippen molar-refractivity contribution in [2.45, 2.75) is 24.6 Å². The van der Waals surface area contributed by atoms with Gasteiger partial charge in [0.25, 0.3) is 10.0 Å². The number of nitrogens with one attached hydrogen (secondary N) is 2. The molecule has 0 atom stereocenters. The molecule has 0 saturated carbocycles. The molecule has 4 nitrogen and oxygen atoms in total. The highest BCUT2D eigenvalue weighted by Crippen LogP contribution is 2.31. The fraction of sp³-hybridized carbons (Fsp3) is 0.286. The van der Waals surface area contributed by atoms with E-state index in [0.717, 1.165) is 28.0 Å². The molecule has 1 aromatic carbocycles. The van der Waals surface area contributed by atoms with Crippen LogP contribution in [0.1, 0.15) is 18.1 Å². The number of rotatable bonds is 6. The molecular weight excluding hydrogens is 372 g/mol. The monoisotopic (exact) mass is 388 g/mol. The maximum atomic E-state index is 12.3. The summed E-state index contributed by atoms with van der Waals surface area (Å²) in [4.78, 5) is 0. The maximum Gasteiger partial charge on any atom is 0.271 e. The van der Waals surface area contributed by atoms with Crippen molar-refractivity contribution in [1.29, 1.82) is 0 Å². The SMILES string of the molecule is CCNCc1ccc(NS(=O)(=O)c2cc(C)c(Br)s2)cc1. The smallest absolute Gasteiger partial charge is 0.271 e. The van der Waals surface area contributed by atoms with E-state index in [-0.39, 0.29) is 0 Å². The number of hydrogen-bond acceptors (Lipinski definition) is 4. The third-order valence-electron chi connectivity index (χ3n) is 2.88. The van der Waals surface area contributed by atoms with Crippen LogP contribution in [-0.2, 0) is 16.6 Å². The highest BCUT2D eigenvalue weighted by Gasteiger charge is 2.18. The quantitative estimate of drug-likeness (QED) is 0.792. The number of anilines is 1. The molecule has 0 aliphatic carbocycles. The molecule has 0 spiro atoms. The van der Waals surface area contributed by atoms with Crippen LogP contribution in [0, 0.1) is 6.92 Å². The first-order valence-corrected chi connectivity index (χ1v) is 9.60. The van der Waals surface area contributed by atoms with Crippen LogP contribution in [0.5, 0.6) is 0 Å². The van der Waals surface area contributed by atoms with Crippen molar-refractivity contribution >= 4 is 43.0 Å². The third-order valence-corrected chi connectivity index (χ3v) is 6.88. The fourth-order valence-electron chi connectivity index (χ4n) is 1.73. The molecule has 1 heterocycles. The molecule has 0 bridgehead atoms. The number of sulfonamides is 1. The molecule has 2 aromatic rings. The van der Waals surface area contributed by atoms with Gasteiger partial charge in [0.15, 0.2) is 0 Å². The van der Waals surface area contributed by atoms with Crippen LogP contribution in [0.3, 0.4) is 0 Å². The molecular formula is C14H17BrN2O2S2. The average molecular weight is 389 g/mol. The second-order valence-corrected chi connectivity index (χ2v) is 8.88. The van der Waals surface area contributed by atoms with Gasteiger partial charge in [0.2, 0.25) is 0 Å². The van der Waals surface area contributed by atoms with E-state index in [1.54, 1.807) is 18.2 Å². The van der Waals surface area contributed by atoms with E-state index in [2.05, 4.69) is 26.0 Å². The molecule has 0 fully saturated rings. The molecule has 1 aromatic heterocycles. The Morgan fingerprint density at radius 1 is 1.24 bits per heavy atom. The summed E-state index contributed by atoms with van der Waals surface area (Å²) in [6.07, 6.45) is 0. The van der Waals surface area contributed by atoms with E-state index in [4.69, 9.17) is 0 Å². The van der Waals surface area contributed by atoms with Crippen LogP contribution >= 0.6 is 27.3 Å². The lowest BCUT2D eigenvalue weighted by atomic mass is 10.2. The van der Waals surface area contributed by atoms with Crippen molar-refractivity contribution < 1.29 is 8.42 Å². The molecule has 2 N–H and O–H groups in total. The van der Waals surface area contributed by atoms with Crippen LogP contribution in [0.15, 0.2) is 38.3 Å². The van der Waals surface area contributed by atoms with E-state index < -0.39 is 10.0 Å². The molecule has 2 rings (SSSR count). The van der Waals surface area contributed by atoms with Gasteiger partial charge in [0.05, 0.1) is 3.79 Å². The third kappa shape index (κ3) is 4.29. The number of aryl methyl sites for hydroxylation is 1. The van der Waals surface area contributed by atoms with E-state index in [1.807, 2.05) is 26.0 Å². The molecule has 0 amide bonds. The normalized spacial score (nSPS) is 11.6. The molecule has 0 saturated heterocycles. The molecule has 114 valence electrons. The Labute approximate surface area is 137 Å². The number of thiophene rings is 1. The minimum absolute atomic E-state index is 0.309. The van der Waals surface area contributed by atoms with Crippen LogP contribution in [0.25, 0.3) is 0 Å². The van der Waals surface area contributed by atoms with Gasteiger partial charge in [0, 0.05) is 12.2 Å². The zero-order valence-corrected chi connectivity index (χ0v) is 15.0. The summed E-state index contributed by atoms with van der Waals surface area (Å²) in [7, 11) is -3.52. The predicted octanol–water partition coefficient (Wildman–Crippen LogP) is 3.73. The van der Waals surface area contributed by atoms with Crippen molar-refractivity contribution in [2.75, 3.05) is 11.3 Å². The van der Waals surface area contributed by atoms with E-state index >= 15 is 0 Å². The zero-order chi connectivity index (χ0) is 15.5. The maximum absolute atomic E-state index is 12.3. The number of hydrogen-bond donors (Lipinski definition) is 2. The second kappa shape index (κ2) is 6.91. The van der Waals surface area contributed by atoms with Crippen LogP contribution in [0.4, 0.5) is 5.69 Å². The topological polar surface area (TPSA) is 58.2 Å². The highest BCUT2D eigenvalue weighted by molar-refractivity contribution is 9.11. The number of halogens is 1. The minimum atomic E-state index is -3.52. The first-order valence-electron chi connectivity index (χ1n) is 6.51. The lowest BCUT2D eigenvalue weighted by molar-refractivity contribution is 0.603. The van der Waals surface area contributed by atoms with Gasteiger partial charge in [-0.3, -0.25) is 4.72 Å². The first-order chi connectivity index (χ1) is 9.92. The van der Waals surface area contributed by atoms with Gasteiger partial charge >= 0.3 is 0 Å². The van der Waals surface area contributed by atoms with Crippen LogP contribution in [-0.4, -0.2) is 15.0 Å². The Hall–Kier alpha value is -0.890. The lowest BCUT2D eigenvalue weighted by Crippen LogP contribution is -2.13. The van der Waals surface area contributed by atoms with Gasteiger partial charge in [-0.15, -0.1) is 11.3 Å². The van der Waals surface area contributed by atoms with Gasteiger partial charge < -0.3 is 5.32 Å². The number of benzene rings is 1. The Morgan fingerprint density at radius 3 is 2.43 bits per heavy atom. The first kappa shape index (κ1) is 16.5.